The van der Waals surface area contributed by atoms with Gasteiger partial charge in [0.05, 0.1) is 35.1 Å². The van der Waals surface area contributed by atoms with Crippen LogP contribution in [0.25, 0.3) is 5.69 Å². The number of anilines is 2. The summed E-state index contributed by atoms with van der Waals surface area (Å²) in [4.78, 5) is 25.6. The number of nitro groups is 1. The van der Waals surface area contributed by atoms with Crippen molar-refractivity contribution in [3.63, 3.8) is 0 Å². The molecule has 3 aromatic rings. The molecule has 1 amide bonds. The summed E-state index contributed by atoms with van der Waals surface area (Å²) in [5.41, 5.74) is 2.03. The maximum atomic E-state index is 12.9. The van der Waals surface area contributed by atoms with Crippen LogP contribution in [0.2, 0.25) is 0 Å². The third-order valence-corrected chi connectivity index (χ3v) is 4.53. The summed E-state index contributed by atoms with van der Waals surface area (Å²) in [6, 6.07) is 11.2. The first kappa shape index (κ1) is 18.5. The first-order valence-electron chi connectivity index (χ1n) is 8.88. The van der Waals surface area contributed by atoms with Gasteiger partial charge in [-0.05, 0) is 40.8 Å². The molecule has 11 nitrogen and oxygen atoms in total. The highest BCUT2D eigenvalue weighted by Gasteiger charge is 2.22. The molecule has 148 valence electrons. The van der Waals surface area contributed by atoms with Crippen LogP contribution in [-0.4, -0.2) is 57.3 Å². The quantitative estimate of drug-likeness (QED) is 0.510. The monoisotopic (exact) mass is 395 g/mol. The molecule has 0 radical (unpaired) electrons. The molecular formula is C18H17N7O4. The summed E-state index contributed by atoms with van der Waals surface area (Å²) >= 11 is 0. The molecule has 1 saturated heterocycles. The predicted octanol–water partition coefficient (Wildman–Crippen LogP) is 1.66. The van der Waals surface area contributed by atoms with Gasteiger partial charge in [-0.25, -0.2) is 4.68 Å². The molecule has 1 aliphatic heterocycles. The summed E-state index contributed by atoms with van der Waals surface area (Å²) < 4.78 is 6.84. The predicted molar refractivity (Wildman–Crippen MR) is 103 cm³/mol. The molecule has 1 N–H and O–H groups in total. The Kier molecular flexibility index (Phi) is 5.12. The van der Waals surface area contributed by atoms with Crippen molar-refractivity contribution in [2.75, 3.05) is 36.5 Å². The Morgan fingerprint density at radius 2 is 1.90 bits per heavy atom. The zero-order valence-electron chi connectivity index (χ0n) is 15.3. The number of carbonyl (C=O) groups excluding carboxylic acids is 1. The minimum atomic E-state index is -0.513. The first-order valence-corrected chi connectivity index (χ1v) is 8.88. The van der Waals surface area contributed by atoms with Crippen LogP contribution in [0.4, 0.5) is 17.1 Å². The van der Waals surface area contributed by atoms with Gasteiger partial charge in [0.15, 0.2) is 0 Å². The molecule has 0 atom stereocenters. The van der Waals surface area contributed by atoms with Crippen LogP contribution in [0.15, 0.2) is 48.8 Å². The lowest BCUT2D eigenvalue weighted by Gasteiger charge is -2.30. The van der Waals surface area contributed by atoms with Gasteiger partial charge < -0.3 is 15.0 Å². The number of hydrogen-bond acceptors (Lipinski definition) is 8. The zero-order chi connectivity index (χ0) is 20.2. The van der Waals surface area contributed by atoms with Crippen molar-refractivity contribution in [2.24, 2.45) is 0 Å². The van der Waals surface area contributed by atoms with Crippen molar-refractivity contribution >= 4 is 23.0 Å². The topological polar surface area (TPSA) is 128 Å². The van der Waals surface area contributed by atoms with Gasteiger partial charge in [0, 0.05) is 30.9 Å². The third-order valence-electron chi connectivity index (χ3n) is 4.53. The van der Waals surface area contributed by atoms with E-state index in [1.165, 1.54) is 23.1 Å². The number of nitrogens with one attached hydrogen (secondary N) is 1. The zero-order valence-corrected chi connectivity index (χ0v) is 15.3. The van der Waals surface area contributed by atoms with Crippen LogP contribution >= 0.6 is 0 Å². The van der Waals surface area contributed by atoms with E-state index in [2.05, 4.69) is 20.8 Å². The summed E-state index contributed by atoms with van der Waals surface area (Å²) in [7, 11) is 0. The maximum absolute atomic E-state index is 12.9. The first-order chi connectivity index (χ1) is 14.1. The molecule has 1 fully saturated rings. The SMILES string of the molecule is O=C(Nc1ccc(-n2cnnn2)cc1)c1cc([N+](=O)[O-])ccc1N1CCOCC1. The normalized spacial score (nSPS) is 13.9. The lowest BCUT2D eigenvalue weighted by Crippen LogP contribution is -2.37. The summed E-state index contributed by atoms with van der Waals surface area (Å²) in [6.07, 6.45) is 1.46. The smallest absolute Gasteiger partial charge is 0.270 e. The van der Waals surface area contributed by atoms with Crippen molar-refractivity contribution in [1.82, 2.24) is 20.2 Å². The van der Waals surface area contributed by atoms with Crippen molar-refractivity contribution in [2.45, 2.75) is 0 Å². The average molecular weight is 395 g/mol. The minimum absolute atomic E-state index is 0.138. The van der Waals surface area contributed by atoms with Gasteiger partial charge in [-0.3, -0.25) is 14.9 Å². The maximum Gasteiger partial charge on any atom is 0.270 e. The van der Waals surface area contributed by atoms with Crippen LogP contribution in [0.1, 0.15) is 10.4 Å². The molecule has 0 aliphatic carbocycles. The highest BCUT2D eigenvalue weighted by Crippen LogP contribution is 2.27. The largest absolute Gasteiger partial charge is 0.378 e. The Bertz CT molecular complexity index is 1020. The Hall–Kier alpha value is -3.86. The summed E-state index contributed by atoms with van der Waals surface area (Å²) in [5, 5.41) is 25.0. The van der Waals surface area contributed by atoms with E-state index in [9.17, 15) is 14.9 Å². The Labute approximate surface area is 165 Å². The number of nitro benzene ring substituents is 1. The number of morpholine rings is 1. The molecule has 4 rings (SSSR count). The molecule has 1 aliphatic rings. The van der Waals surface area contributed by atoms with Gasteiger partial charge >= 0.3 is 0 Å². The Morgan fingerprint density at radius 3 is 2.55 bits per heavy atom. The molecule has 2 heterocycles. The van der Waals surface area contributed by atoms with E-state index < -0.39 is 10.8 Å². The number of ether oxygens (including phenoxy) is 1. The second-order valence-corrected chi connectivity index (χ2v) is 6.31. The van der Waals surface area contributed by atoms with Crippen molar-refractivity contribution in [1.29, 1.82) is 0 Å². The Balaban J connectivity index is 1.59. The molecule has 29 heavy (non-hydrogen) atoms. The summed E-state index contributed by atoms with van der Waals surface area (Å²) in [5.74, 6) is -0.426. The third kappa shape index (κ3) is 4.04. The second kappa shape index (κ2) is 8.02. The van der Waals surface area contributed by atoms with E-state index in [4.69, 9.17) is 4.74 Å². The van der Waals surface area contributed by atoms with E-state index in [1.54, 1.807) is 30.3 Å². The van der Waals surface area contributed by atoms with Crippen LogP contribution in [0.3, 0.4) is 0 Å². The van der Waals surface area contributed by atoms with Crippen LogP contribution in [0.5, 0.6) is 0 Å². The van der Waals surface area contributed by atoms with Crippen molar-refractivity contribution < 1.29 is 14.5 Å². The minimum Gasteiger partial charge on any atom is -0.378 e. The fourth-order valence-electron chi connectivity index (χ4n) is 3.07. The number of benzene rings is 2. The van der Waals surface area contributed by atoms with Crippen LogP contribution < -0.4 is 10.2 Å². The van der Waals surface area contributed by atoms with E-state index in [0.717, 1.165) is 5.69 Å². The average Bonchev–Trinajstić information content (AvgIpc) is 3.29. The van der Waals surface area contributed by atoms with Crippen molar-refractivity contribution in [3.8, 4) is 5.69 Å². The highest BCUT2D eigenvalue weighted by molar-refractivity contribution is 6.08. The van der Waals surface area contributed by atoms with E-state index in [1.807, 2.05) is 4.90 Å². The Morgan fingerprint density at radius 1 is 1.14 bits per heavy atom. The van der Waals surface area contributed by atoms with Gasteiger partial charge in [-0.2, -0.15) is 0 Å². The van der Waals surface area contributed by atoms with E-state index >= 15 is 0 Å². The van der Waals surface area contributed by atoms with E-state index in [-0.39, 0.29) is 11.3 Å². The molecule has 1 aromatic heterocycles. The second-order valence-electron chi connectivity index (χ2n) is 6.31. The fourth-order valence-corrected chi connectivity index (χ4v) is 3.07. The highest BCUT2D eigenvalue weighted by atomic mass is 16.6. The van der Waals surface area contributed by atoms with Gasteiger partial charge in [-0.1, -0.05) is 0 Å². The fraction of sp³-hybridized carbons (Fsp3) is 0.222. The number of non-ortho nitro benzene ring substituents is 1. The van der Waals surface area contributed by atoms with Crippen LogP contribution in [0, 0.1) is 10.1 Å². The molecule has 0 bridgehead atoms. The van der Waals surface area contributed by atoms with Gasteiger partial charge in [0.2, 0.25) is 0 Å². The van der Waals surface area contributed by atoms with Crippen LogP contribution in [-0.2, 0) is 4.74 Å². The number of carbonyl (C=O) groups is 1. The number of tetrazole rings is 1. The lowest BCUT2D eigenvalue weighted by atomic mass is 10.1. The van der Waals surface area contributed by atoms with E-state index in [0.29, 0.717) is 37.7 Å². The van der Waals surface area contributed by atoms with Gasteiger partial charge in [0.1, 0.15) is 6.33 Å². The molecule has 11 heteroatoms. The molecule has 0 saturated carbocycles. The number of rotatable bonds is 5. The number of nitrogens with zero attached hydrogens (tertiary/aromatic N) is 6. The van der Waals surface area contributed by atoms with Gasteiger partial charge in [-0.15, -0.1) is 5.10 Å². The molecule has 0 unspecified atom stereocenters. The number of amides is 1. The number of hydrogen-bond donors (Lipinski definition) is 1. The number of aromatic nitrogens is 4. The lowest BCUT2D eigenvalue weighted by molar-refractivity contribution is -0.384. The standard InChI is InChI=1S/C18H17N7O4/c26-18(20-13-1-3-14(4-2-13)24-12-19-21-22-24)16-11-15(25(27)28)5-6-17(16)23-7-9-29-10-8-23/h1-6,11-12H,7-10H2,(H,20,26). The molecular weight excluding hydrogens is 378 g/mol. The molecule has 2 aromatic carbocycles. The van der Waals surface area contributed by atoms with Crippen molar-refractivity contribution in [3.05, 3.63) is 64.5 Å². The summed E-state index contributed by atoms with van der Waals surface area (Å²) in [6.45, 7) is 2.30. The van der Waals surface area contributed by atoms with Gasteiger partial charge in [0.25, 0.3) is 11.6 Å². The molecule has 0 spiro atoms.